The molecule has 2 rings (SSSR count). The summed E-state index contributed by atoms with van der Waals surface area (Å²) in [7, 11) is 1.54. The number of likely N-dealkylation sites (tertiary alicyclic amines) is 1. The number of nitrogens with zero attached hydrogens (tertiary/aromatic N) is 1. The fourth-order valence-corrected chi connectivity index (χ4v) is 2.54. The Morgan fingerprint density at radius 3 is 2.53 bits per heavy atom. The Balaban J connectivity index is 2.29. The number of benzene rings is 1. The van der Waals surface area contributed by atoms with Crippen molar-refractivity contribution < 1.29 is 19.4 Å². The van der Waals surface area contributed by atoms with Crippen LogP contribution in [-0.4, -0.2) is 40.8 Å². The molecule has 0 saturated carbocycles. The molecular weight excluding hydrogens is 266 g/mol. The highest BCUT2D eigenvalue weighted by atomic mass is 32.1. The average molecular weight is 281 g/mol. The van der Waals surface area contributed by atoms with Crippen molar-refractivity contribution in [2.75, 3.05) is 13.7 Å². The standard InChI is InChI=1S/C13H15NO4S/c1-18-9-4-2-8(3-5-9)12(13(16)17)14-7-10(19)6-11(14)15/h2-5,10,12,19H,6-7H2,1H3,(H,16,17). The summed E-state index contributed by atoms with van der Waals surface area (Å²) in [6, 6.07) is 5.73. The van der Waals surface area contributed by atoms with Gasteiger partial charge in [0.05, 0.1) is 7.11 Å². The number of thiol groups is 1. The number of amides is 1. The fourth-order valence-electron chi connectivity index (χ4n) is 2.20. The third-order valence-electron chi connectivity index (χ3n) is 3.12. The summed E-state index contributed by atoms with van der Waals surface area (Å²) in [5.41, 5.74) is 0.559. The van der Waals surface area contributed by atoms with E-state index in [1.807, 2.05) is 0 Å². The predicted octanol–water partition coefficient (Wildman–Crippen LogP) is 1.35. The molecule has 0 aliphatic carbocycles. The monoisotopic (exact) mass is 281 g/mol. The molecule has 2 atom stereocenters. The first-order valence-electron chi connectivity index (χ1n) is 5.87. The van der Waals surface area contributed by atoms with Crippen molar-refractivity contribution in [3.05, 3.63) is 29.8 Å². The highest BCUT2D eigenvalue weighted by molar-refractivity contribution is 7.81. The van der Waals surface area contributed by atoms with Crippen molar-refractivity contribution in [1.82, 2.24) is 4.90 Å². The van der Waals surface area contributed by atoms with E-state index in [-0.39, 0.29) is 17.6 Å². The van der Waals surface area contributed by atoms with Crippen LogP contribution in [-0.2, 0) is 9.59 Å². The molecule has 102 valence electrons. The van der Waals surface area contributed by atoms with Gasteiger partial charge in [-0.25, -0.2) is 4.79 Å². The van der Waals surface area contributed by atoms with Crippen LogP contribution in [0.4, 0.5) is 0 Å². The Morgan fingerprint density at radius 1 is 1.47 bits per heavy atom. The number of carbonyl (C=O) groups excluding carboxylic acids is 1. The minimum absolute atomic E-state index is 0.104. The molecule has 0 spiro atoms. The smallest absolute Gasteiger partial charge is 0.331 e. The molecule has 1 aromatic carbocycles. The number of hydrogen-bond donors (Lipinski definition) is 2. The molecule has 6 heteroatoms. The van der Waals surface area contributed by atoms with Gasteiger partial charge in [-0.2, -0.15) is 12.6 Å². The molecular formula is C13H15NO4S. The first-order chi connectivity index (χ1) is 9.02. The first-order valence-corrected chi connectivity index (χ1v) is 6.39. The lowest BCUT2D eigenvalue weighted by molar-refractivity contribution is -0.148. The molecule has 0 aromatic heterocycles. The Morgan fingerprint density at radius 2 is 2.11 bits per heavy atom. The number of methoxy groups -OCH3 is 1. The van der Waals surface area contributed by atoms with Gasteiger partial charge in [0.2, 0.25) is 5.91 Å². The topological polar surface area (TPSA) is 66.8 Å². The molecule has 5 nitrogen and oxygen atoms in total. The predicted molar refractivity (Wildman–Crippen MR) is 72.5 cm³/mol. The lowest BCUT2D eigenvalue weighted by Gasteiger charge is -2.24. The van der Waals surface area contributed by atoms with Gasteiger partial charge in [0.25, 0.3) is 0 Å². The van der Waals surface area contributed by atoms with Gasteiger partial charge in [0.15, 0.2) is 6.04 Å². The molecule has 1 aliphatic rings. The van der Waals surface area contributed by atoms with Gasteiger partial charge < -0.3 is 14.7 Å². The van der Waals surface area contributed by atoms with E-state index in [1.165, 1.54) is 4.90 Å². The van der Waals surface area contributed by atoms with E-state index in [0.29, 0.717) is 17.9 Å². The number of carbonyl (C=O) groups is 2. The zero-order valence-electron chi connectivity index (χ0n) is 10.4. The van der Waals surface area contributed by atoms with E-state index < -0.39 is 12.0 Å². The van der Waals surface area contributed by atoms with Crippen molar-refractivity contribution in [2.24, 2.45) is 0 Å². The van der Waals surface area contributed by atoms with E-state index >= 15 is 0 Å². The molecule has 1 aromatic rings. The van der Waals surface area contributed by atoms with Gasteiger partial charge in [0, 0.05) is 18.2 Å². The van der Waals surface area contributed by atoms with Crippen molar-refractivity contribution in [3.8, 4) is 5.75 Å². The van der Waals surface area contributed by atoms with Crippen LogP contribution in [0.25, 0.3) is 0 Å². The van der Waals surface area contributed by atoms with Crippen LogP contribution in [0.1, 0.15) is 18.0 Å². The highest BCUT2D eigenvalue weighted by Gasteiger charge is 2.37. The summed E-state index contributed by atoms with van der Waals surface area (Å²) in [6.45, 7) is 0.352. The van der Waals surface area contributed by atoms with Crippen LogP contribution in [0.2, 0.25) is 0 Å². The molecule has 0 radical (unpaired) electrons. The summed E-state index contributed by atoms with van der Waals surface area (Å²) in [5, 5.41) is 9.26. The number of hydrogen-bond acceptors (Lipinski definition) is 4. The SMILES string of the molecule is COc1ccc(C(C(=O)O)N2CC(S)CC2=O)cc1. The minimum atomic E-state index is -1.04. The molecule has 1 amide bonds. The summed E-state index contributed by atoms with van der Waals surface area (Å²) < 4.78 is 5.03. The second-order valence-electron chi connectivity index (χ2n) is 4.42. The Bertz CT molecular complexity index is 488. The molecule has 1 N–H and O–H groups in total. The Kier molecular flexibility index (Phi) is 3.99. The molecule has 1 fully saturated rings. The van der Waals surface area contributed by atoms with Crippen LogP contribution >= 0.6 is 12.6 Å². The third kappa shape index (κ3) is 2.84. The minimum Gasteiger partial charge on any atom is -0.497 e. The maximum Gasteiger partial charge on any atom is 0.331 e. The summed E-state index contributed by atoms with van der Waals surface area (Å²) in [4.78, 5) is 24.6. The maximum absolute atomic E-state index is 11.8. The third-order valence-corrected chi connectivity index (χ3v) is 3.46. The highest BCUT2D eigenvalue weighted by Crippen LogP contribution is 2.29. The van der Waals surface area contributed by atoms with Gasteiger partial charge in [-0.3, -0.25) is 4.79 Å². The molecule has 19 heavy (non-hydrogen) atoms. The molecule has 2 unspecified atom stereocenters. The number of carboxylic acid groups (broad SMARTS) is 1. The van der Waals surface area contributed by atoms with Crippen LogP contribution in [0, 0.1) is 0 Å². The van der Waals surface area contributed by atoms with E-state index in [1.54, 1.807) is 31.4 Å². The van der Waals surface area contributed by atoms with Crippen molar-refractivity contribution in [2.45, 2.75) is 17.7 Å². The van der Waals surface area contributed by atoms with Gasteiger partial charge in [-0.05, 0) is 17.7 Å². The van der Waals surface area contributed by atoms with Gasteiger partial charge in [-0.15, -0.1) is 0 Å². The summed E-state index contributed by atoms with van der Waals surface area (Å²) in [6.07, 6.45) is 0.281. The largest absolute Gasteiger partial charge is 0.497 e. The van der Waals surface area contributed by atoms with Crippen molar-refractivity contribution in [1.29, 1.82) is 0 Å². The number of rotatable bonds is 4. The van der Waals surface area contributed by atoms with Crippen LogP contribution < -0.4 is 4.74 Å². The lowest BCUT2D eigenvalue weighted by atomic mass is 10.1. The average Bonchev–Trinajstić information content (AvgIpc) is 2.69. The quantitative estimate of drug-likeness (QED) is 0.818. The van der Waals surface area contributed by atoms with Crippen LogP contribution in [0.5, 0.6) is 5.75 Å². The Labute approximate surface area is 116 Å². The zero-order chi connectivity index (χ0) is 14.0. The van der Waals surface area contributed by atoms with Crippen LogP contribution in [0.15, 0.2) is 24.3 Å². The summed E-state index contributed by atoms with van der Waals surface area (Å²) in [5.74, 6) is -0.572. The van der Waals surface area contributed by atoms with Crippen molar-refractivity contribution >= 4 is 24.5 Å². The number of aliphatic carboxylic acids is 1. The zero-order valence-corrected chi connectivity index (χ0v) is 11.3. The molecule has 0 bridgehead atoms. The maximum atomic E-state index is 11.8. The fraction of sp³-hybridized carbons (Fsp3) is 0.385. The first kappa shape index (κ1) is 13.7. The number of ether oxygens (including phenoxy) is 1. The van der Waals surface area contributed by atoms with E-state index in [0.717, 1.165) is 0 Å². The lowest BCUT2D eigenvalue weighted by Crippen LogP contribution is -2.35. The van der Waals surface area contributed by atoms with E-state index in [2.05, 4.69) is 12.6 Å². The molecule has 1 aliphatic heterocycles. The Hall–Kier alpha value is -1.69. The molecule has 1 heterocycles. The van der Waals surface area contributed by atoms with E-state index in [9.17, 15) is 14.7 Å². The normalized spacial score (nSPS) is 20.4. The second kappa shape index (κ2) is 5.52. The molecule has 1 saturated heterocycles. The van der Waals surface area contributed by atoms with Crippen LogP contribution in [0.3, 0.4) is 0 Å². The van der Waals surface area contributed by atoms with Gasteiger partial charge in [0.1, 0.15) is 5.75 Å². The van der Waals surface area contributed by atoms with E-state index in [4.69, 9.17) is 4.74 Å². The number of carboxylic acids is 1. The van der Waals surface area contributed by atoms with Gasteiger partial charge >= 0.3 is 5.97 Å². The summed E-state index contributed by atoms with van der Waals surface area (Å²) >= 11 is 4.24. The second-order valence-corrected chi connectivity index (χ2v) is 5.15. The van der Waals surface area contributed by atoms with Crippen molar-refractivity contribution in [3.63, 3.8) is 0 Å². The van der Waals surface area contributed by atoms with Gasteiger partial charge in [-0.1, -0.05) is 12.1 Å².